The number of likely N-dealkylation sites (tertiary alicyclic amines) is 1. The number of nitrogens with zero attached hydrogens (tertiary/aromatic N) is 1. The molecule has 1 aliphatic rings. The molecule has 1 fully saturated rings. The molecule has 0 saturated carbocycles. The van der Waals surface area contributed by atoms with E-state index in [9.17, 15) is 9.59 Å². The van der Waals surface area contributed by atoms with Crippen molar-refractivity contribution in [2.45, 2.75) is 46.5 Å². The van der Waals surface area contributed by atoms with Gasteiger partial charge < -0.3 is 14.4 Å². The van der Waals surface area contributed by atoms with Crippen molar-refractivity contribution >= 4 is 11.9 Å². The monoisotopic (exact) mass is 299 g/mol. The number of ether oxygens (including phenoxy) is 2. The highest BCUT2D eigenvalue weighted by Crippen LogP contribution is 2.27. The third-order valence-corrected chi connectivity index (χ3v) is 4.01. The summed E-state index contributed by atoms with van der Waals surface area (Å²) in [5, 5.41) is 0. The third kappa shape index (κ3) is 5.65. The molecule has 0 aromatic carbocycles. The smallest absolute Gasteiger partial charge is 0.320 e. The Labute approximate surface area is 128 Å². The van der Waals surface area contributed by atoms with Gasteiger partial charge in [0.05, 0.1) is 13.2 Å². The van der Waals surface area contributed by atoms with E-state index in [-0.39, 0.29) is 5.92 Å². The average molecular weight is 299 g/mol. The molecule has 21 heavy (non-hydrogen) atoms. The van der Waals surface area contributed by atoms with E-state index in [1.165, 1.54) is 12.8 Å². The molecule has 5 heteroatoms. The zero-order valence-corrected chi connectivity index (χ0v) is 13.6. The topological polar surface area (TPSA) is 55.8 Å². The van der Waals surface area contributed by atoms with E-state index in [2.05, 4.69) is 11.8 Å². The fraction of sp³-hybridized carbons (Fsp3) is 0.875. The molecule has 0 aromatic rings. The van der Waals surface area contributed by atoms with Crippen LogP contribution in [0, 0.1) is 11.8 Å². The summed E-state index contributed by atoms with van der Waals surface area (Å²) < 4.78 is 10.1. The first-order valence-electron chi connectivity index (χ1n) is 8.19. The highest BCUT2D eigenvalue weighted by atomic mass is 16.6. The van der Waals surface area contributed by atoms with Crippen LogP contribution in [0.2, 0.25) is 0 Å². The predicted octanol–water partition coefficient (Wildman–Crippen LogP) is 2.24. The first kappa shape index (κ1) is 18.0. The summed E-state index contributed by atoms with van der Waals surface area (Å²) >= 11 is 0. The Balaban J connectivity index is 2.59. The van der Waals surface area contributed by atoms with Crippen molar-refractivity contribution in [3.05, 3.63) is 0 Å². The largest absolute Gasteiger partial charge is 0.465 e. The third-order valence-electron chi connectivity index (χ3n) is 4.01. The molecule has 0 N–H and O–H groups in total. The second-order valence-electron chi connectivity index (χ2n) is 5.51. The van der Waals surface area contributed by atoms with Gasteiger partial charge in [-0.25, -0.2) is 0 Å². The van der Waals surface area contributed by atoms with E-state index in [1.807, 2.05) is 0 Å². The molecule has 0 amide bonds. The number of carbonyl (C=O) groups excluding carboxylic acids is 2. The van der Waals surface area contributed by atoms with Crippen LogP contribution < -0.4 is 0 Å². The van der Waals surface area contributed by atoms with Crippen LogP contribution in [0.3, 0.4) is 0 Å². The lowest BCUT2D eigenvalue weighted by Gasteiger charge is -2.34. The van der Waals surface area contributed by atoms with Crippen LogP contribution in [0.15, 0.2) is 0 Å². The zero-order valence-electron chi connectivity index (χ0n) is 13.6. The normalized spacial score (nSPS) is 17.0. The predicted molar refractivity (Wildman–Crippen MR) is 80.8 cm³/mol. The first-order valence-corrected chi connectivity index (χ1v) is 8.19. The summed E-state index contributed by atoms with van der Waals surface area (Å²) in [4.78, 5) is 26.6. The summed E-state index contributed by atoms with van der Waals surface area (Å²) in [6.07, 6.45) is 4.09. The second-order valence-corrected chi connectivity index (χ2v) is 5.51. The molecule has 0 aromatic heterocycles. The van der Waals surface area contributed by atoms with Crippen molar-refractivity contribution in [1.29, 1.82) is 0 Å². The van der Waals surface area contributed by atoms with Gasteiger partial charge in [-0.1, -0.05) is 13.3 Å². The molecule has 122 valence electrons. The first-order chi connectivity index (χ1) is 10.1. The highest BCUT2D eigenvalue weighted by molar-refractivity contribution is 5.95. The zero-order chi connectivity index (χ0) is 15.7. The number of carbonyl (C=O) groups is 2. The lowest BCUT2D eigenvalue weighted by Crippen LogP contribution is -2.42. The number of hydrogen-bond acceptors (Lipinski definition) is 5. The van der Waals surface area contributed by atoms with Gasteiger partial charge in [-0.3, -0.25) is 9.59 Å². The van der Waals surface area contributed by atoms with Gasteiger partial charge >= 0.3 is 11.9 Å². The van der Waals surface area contributed by atoms with Gasteiger partial charge in [-0.05, 0) is 58.7 Å². The fourth-order valence-corrected chi connectivity index (χ4v) is 2.84. The fourth-order valence-electron chi connectivity index (χ4n) is 2.84. The summed E-state index contributed by atoms with van der Waals surface area (Å²) in [6.45, 7) is 9.28. The van der Waals surface area contributed by atoms with Crippen LogP contribution in [0.5, 0.6) is 0 Å². The Kier molecular flexibility index (Phi) is 8.35. The van der Waals surface area contributed by atoms with Crippen molar-refractivity contribution in [1.82, 2.24) is 4.90 Å². The standard InChI is InChI=1S/C16H29NO4/c1-4-7-10-17-11-8-13(9-12-17)14(15(18)20-5-2)16(19)21-6-3/h13-14H,4-12H2,1-3H3. The van der Waals surface area contributed by atoms with E-state index in [1.54, 1.807) is 13.8 Å². The van der Waals surface area contributed by atoms with Gasteiger partial charge in [-0.15, -0.1) is 0 Å². The number of esters is 2. The molecule has 1 heterocycles. The van der Waals surface area contributed by atoms with Crippen molar-refractivity contribution < 1.29 is 19.1 Å². The molecule has 1 rings (SSSR count). The Morgan fingerprint density at radius 3 is 2.00 bits per heavy atom. The molecular formula is C16H29NO4. The maximum absolute atomic E-state index is 12.1. The molecule has 5 nitrogen and oxygen atoms in total. The van der Waals surface area contributed by atoms with Crippen molar-refractivity contribution in [2.75, 3.05) is 32.8 Å². The summed E-state index contributed by atoms with van der Waals surface area (Å²) in [5.74, 6) is -1.56. The summed E-state index contributed by atoms with van der Waals surface area (Å²) in [6, 6.07) is 0. The van der Waals surface area contributed by atoms with Crippen LogP contribution in [0.25, 0.3) is 0 Å². The SMILES string of the molecule is CCCCN1CCC(C(C(=O)OCC)C(=O)OCC)CC1. The Bertz CT molecular complexity index is 306. The molecule has 0 spiro atoms. The van der Waals surface area contributed by atoms with Gasteiger partial charge in [-0.2, -0.15) is 0 Å². The van der Waals surface area contributed by atoms with Crippen molar-refractivity contribution in [2.24, 2.45) is 11.8 Å². The minimum Gasteiger partial charge on any atom is -0.465 e. The van der Waals surface area contributed by atoms with E-state index in [4.69, 9.17) is 9.47 Å². The number of piperidine rings is 1. The number of unbranched alkanes of at least 4 members (excludes halogenated alkanes) is 1. The van der Waals surface area contributed by atoms with E-state index in [0.717, 1.165) is 32.5 Å². The summed E-state index contributed by atoms with van der Waals surface area (Å²) in [5.41, 5.74) is 0. The quantitative estimate of drug-likeness (QED) is 0.508. The molecule has 0 unspecified atom stereocenters. The minimum absolute atomic E-state index is 0.0426. The van der Waals surface area contributed by atoms with Crippen LogP contribution in [-0.2, 0) is 19.1 Å². The summed E-state index contributed by atoms with van der Waals surface area (Å²) in [7, 11) is 0. The van der Waals surface area contributed by atoms with Gasteiger partial charge in [0, 0.05) is 0 Å². The lowest BCUT2D eigenvalue weighted by molar-refractivity contribution is -0.165. The molecular weight excluding hydrogens is 270 g/mol. The van der Waals surface area contributed by atoms with E-state index in [0.29, 0.717) is 13.2 Å². The molecule has 0 radical (unpaired) electrons. The second kappa shape index (κ2) is 9.77. The van der Waals surface area contributed by atoms with Crippen LogP contribution in [0.4, 0.5) is 0 Å². The maximum atomic E-state index is 12.1. The number of rotatable bonds is 8. The molecule has 1 aliphatic heterocycles. The highest BCUT2D eigenvalue weighted by Gasteiger charge is 2.38. The van der Waals surface area contributed by atoms with Crippen LogP contribution in [0.1, 0.15) is 46.5 Å². The van der Waals surface area contributed by atoms with Crippen LogP contribution in [-0.4, -0.2) is 49.7 Å². The molecule has 0 bridgehead atoms. The Hall–Kier alpha value is -1.10. The van der Waals surface area contributed by atoms with Crippen LogP contribution >= 0.6 is 0 Å². The molecule has 0 atom stereocenters. The van der Waals surface area contributed by atoms with Gasteiger partial charge in [0.25, 0.3) is 0 Å². The maximum Gasteiger partial charge on any atom is 0.320 e. The van der Waals surface area contributed by atoms with Gasteiger partial charge in [0.1, 0.15) is 0 Å². The van der Waals surface area contributed by atoms with E-state index >= 15 is 0 Å². The lowest BCUT2D eigenvalue weighted by atomic mass is 9.84. The number of hydrogen-bond donors (Lipinski definition) is 0. The van der Waals surface area contributed by atoms with E-state index < -0.39 is 17.9 Å². The Morgan fingerprint density at radius 1 is 1.05 bits per heavy atom. The molecule has 0 aliphatic carbocycles. The average Bonchev–Trinajstić information content (AvgIpc) is 2.47. The minimum atomic E-state index is -0.752. The van der Waals surface area contributed by atoms with Gasteiger partial charge in [0.15, 0.2) is 5.92 Å². The molecule has 1 saturated heterocycles. The Morgan fingerprint density at radius 2 is 1.57 bits per heavy atom. The van der Waals surface area contributed by atoms with Crippen molar-refractivity contribution in [3.63, 3.8) is 0 Å². The van der Waals surface area contributed by atoms with Crippen molar-refractivity contribution in [3.8, 4) is 0 Å². The van der Waals surface area contributed by atoms with Gasteiger partial charge in [0.2, 0.25) is 0 Å².